The average Bonchev–Trinajstić information content (AvgIpc) is 2.79. The van der Waals surface area contributed by atoms with Crippen LogP contribution in [0.1, 0.15) is 12.0 Å². The van der Waals surface area contributed by atoms with Gasteiger partial charge in [0.1, 0.15) is 24.2 Å². The molecular weight excluding hydrogens is 456 g/mol. The minimum Gasteiger partial charge on any atom is -0.480 e. The molecule has 1 aromatic carbocycles. The monoisotopic (exact) mass is 486 g/mol. The summed E-state index contributed by atoms with van der Waals surface area (Å²) in [5.41, 5.74) is 6.18. The number of rotatable bonds is 14. The molecule has 32 heavy (non-hydrogen) atoms. The standard InChI is InChI=1S/C20H30N4O6S2/c1-32-8-7-14(22-19(28)16(11-31)24-17(26)13(21)10-25)18(27)23-15(20(29)30)9-12-5-3-2-4-6-12/h2-6,13-16,25,31H,7-11,21H2,1H3,(H,22,28)(H,23,27)(H,24,26)(H,29,30). The summed E-state index contributed by atoms with van der Waals surface area (Å²) >= 11 is 5.51. The van der Waals surface area contributed by atoms with Crippen LogP contribution >= 0.6 is 24.4 Å². The first kappa shape index (κ1) is 27.8. The van der Waals surface area contributed by atoms with E-state index >= 15 is 0 Å². The molecule has 0 bridgehead atoms. The van der Waals surface area contributed by atoms with E-state index in [1.807, 2.05) is 6.26 Å². The molecule has 0 heterocycles. The van der Waals surface area contributed by atoms with Crippen LogP contribution in [0.25, 0.3) is 0 Å². The molecule has 0 fully saturated rings. The molecule has 1 rings (SSSR count). The molecule has 4 unspecified atom stereocenters. The molecule has 7 N–H and O–H groups in total. The number of carboxylic acid groups (broad SMARTS) is 1. The zero-order valence-corrected chi connectivity index (χ0v) is 19.4. The van der Waals surface area contributed by atoms with Crippen molar-refractivity contribution in [1.82, 2.24) is 16.0 Å². The van der Waals surface area contributed by atoms with Gasteiger partial charge in [-0.1, -0.05) is 30.3 Å². The van der Waals surface area contributed by atoms with Crippen LogP contribution in [0.5, 0.6) is 0 Å². The van der Waals surface area contributed by atoms with Crippen LogP contribution in [0.15, 0.2) is 30.3 Å². The largest absolute Gasteiger partial charge is 0.480 e. The smallest absolute Gasteiger partial charge is 0.326 e. The highest BCUT2D eigenvalue weighted by atomic mass is 32.2. The molecule has 0 aliphatic heterocycles. The summed E-state index contributed by atoms with van der Waals surface area (Å²) in [6, 6.07) is 4.37. The molecule has 0 spiro atoms. The van der Waals surface area contributed by atoms with E-state index in [0.717, 1.165) is 5.56 Å². The number of hydrogen-bond donors (Lipinski definition) is 7. The number of hydrogen-bond acceptors (Lipinski definition) is 8. The number of nitrogens with one attached hydrogen (secondary N) is 3. The van der Waals surface area contributed by atoms with Crippen LogP contribution in [0.4, 0.5) is 0 Å². The highest BCUT2D eigenvalue weighted by Crippen LogP contribution is 2.06. The third kappa shape index (κ3) is 9.47. The lowest BCUT2D eigenvalue weighted by atomic mass is 10.1. The van der Waals surface area contributed by atoms with Crippen LogP contribution in [-0.4, -0.2) is 82.4 Å². The average molecular weight is 487 g/mol. The van der Waals surface area contributed by atoms with Crippen molar-refractivity contribution in [3.63, 3.8) is 0 Å². The van der Waals surface area contributed by atoms with Gasteiger partial charge in [-0.15, -0.1) is 0 Å². The summed E-state index contributed by atoms with van der Waals surface area (Å²) in [6.07, 6.45) is 2.17. The van der Waals surface area contributed by atoms with Gasteiger partial charge in [0.15, 0.2) is 0 Å². The SMILES string of the molecule is CSCCC(NC(=O)C(CS)NC(=O)C(N)CO)C(=O)NC(Cc1ccccc1)C(=O)O. The first-order valence-corrected chi connectivity index (χ1v) is 11.9. The van der Waals surface area contributed by atoms with Crippen molar-refractivity contribution in [1.29, 1.82) is 0 Å². The molecule has 0 aliphatic carbocycles. The van der Waals surface area contributed by atoms with E-state index in [9.17, 15) is 24.3 Å². The molecule has 10 nitrogen and oxygen atoms in total. The topological polar surface area (TPSA) is 171 Å². The minimum absolute atomic E-state index is 0.0711. The van der Waals surface area contributed by atoms with E-state index in [1.165, 1.54) is 11.8 Å². The second-order valence-corrected chi connectivity index (χ2v) is 8.32. The van der Waals surface area contributed by atoms with Gasteiger partial charge < -0.3 is 31.9 Å². The van der Waals surface area contributed by atoms with Gasteiger partial charge in [0.2, 0.25) is 17.7 Å². The van der Waals surface area contributed by atoms with Crippen LogP contribution in [-0.2, 0) is 25.6 Å². The van der Waals surface area contributed by atoms with Crippen molar-refractivity contribution >= 4 is 48.1 Å². The number of carbonyl (C=O) groups excluding carboxylic acids is 3. The number of aliphatic carboxylic acids is 1. The Morgan fingerprint density at radius 1 is 1.00 bits per heavy atom. The Hall–Kier alpha value is -2.28. The molecule has 0 aliphatic rings. The third-order valence-electron chi connectivity index (χ3n) is 4.49. The predicted molar refractivity (Wildman–Crippen MR) is 125 cm³/mol. The first-order valence-electron chi connectivity index (χ1n) is 9.87. The van der Waals surface area contributed by atoms with Crippen molar-refractivity contribution in [2.45, 2.75) is 37.0 Å². The molecule has 1 aromatic rings. The Kier molecular flexibility index (Phi) is 12.8. The van der Waals surface area contributed by atoms with E-state index in [2.05, 4.69) is 28.6 Å². The Morgan fingerprint density at radius 3 is 2.09 bits per heavy atom. The summed E-state index contributed by atoms with van der Waals surface area (Å²) in [5.74, 6) is -2.79. The lowest BCUT2D eigenvalue weighted by Gasteiger charge is -2.24. The third-order valence-corrected chi connectivity index (χ3v) is 5.50. The molecule has 4 atom stereocenters. The minimum atomic E-state index is -1.20. The second-order valence-electron chi connectivity index (χ2n) is 6.96. The van der Waals surface area contributed by atoms with Gasteiger partial charge in [0, 0.05) is 12.2 Å². The van der Waals surface area contributed by atoms with Crippen LogP contribution in [0, 0.1) is 0 Å². The van der Waals surface area contributed by atoms with E-state index in [0.29, 0.717) is 5.75 Å². The number of aliphatic hydroxyl groups excluding tert-OH is 1. The molecule has 0 saturated heterocycles. The predicted octanol–water partition coefficient (Wildman–Crippen LogP) is -1.23. The maximum Gasteiger partial charge on any atom is 0.326 e. The Labute approximate surface area is 196 Å². The summed E-state index contributed by atoms with van der Waals surface area (Å²) in [7, 11) is 0. The van der Waals surface area contributed by atoms with Gasteiger partial charge in [-0.25, -0.2) is 4.79 Å². The van der Waals surface area contributed by atoms with E-state index in [1.54, 1.807) is 30.3 Å². The zero-order chi connectivity index (χ0) is 24.1. The maximum atomic E-state index is 12.8. The van der Waals surface area contributed by atoms with E-state index < -0.39 is 54.5 Å². The van der Waals surface area contributed by atoms with Crippen molar-refractivity contribution in [2.24, 2.45) is 5.73 Å². The van der Waals surface area contributed by atoms with Gasteiger partial charge in [-0.05, 0) is 24.0 Å². The Bertz CT molecular complexity index is 768. The first-order chi connectivity index (χ1) is 15.2. The maximum absolute atomic E-state index is 12.8. The molecule has 178 valence electrons. The second kappa shape index (κ2) is 14.7. The quantitative estimate of drug-likeness (QED) is 0.160. The van der Waals surface area contributed by atoms with E-state index in [-0.39, 0.29) is 18.6 Å². The number of thiol groups is 1. The molecule has 0 radical (unpaired) electrons. The Morgan fingerprint density at radius 2 is 1.56 bits per heavy atom. The van der Waals surface area contributed by atoms with Gasteiger partial charge in [-0.2, -0.15) is 24.4 Å². The van der Waals surface area contributed by atoms with Crippen LogP contribution in [0.3, 0.4) is 0 Å². The fraction of sp³-hybridized carbons (Fsp3) is 0.500. The highest BCUT2D eigenvalue weighted by molar-refractivity contribution is 7.98. The summed E-state index contributed by atoms with van der Waals surface area (Å²) in [4.78, 5) is 49.0. The fourth-order valence-electron chi connectivity index (χ4n) is 2.65. The summed E-state index contributed by atoms with van der Waals surface area (Å²) < 4.78 is 0. The summed E-state index contributed by atoms with van der Waals surface area (Å²) in [6.45, 7) is -0.594. The van der Waals surface area contributed by atoms with Gasteiger partial charge >= 0.3 is 5.97 Å². The molecule has 0 aromatic heterocycles. The van der Waals surface area contributed by atoms with Crippen LogP contribution < -0.4 is 21.7 Å². The van der Waals surface area contributed by atoms with E-state index in [4.69, 9.17) is 10.8 Å². The number of carbonyl (C=O) groups is 4. The number of amides is 3. The number of nitrogens with two attached hydrogens (primary N) is 1. The lowest BCUT2D eigenvalue weighted by Crippen LogP contribution is -2.58. The Balaban J connectivity index is 2.87. The zero-order valence-electron chi connectivity index (χ0n) is 17.7. The van der Waals surface area contributed by atoms with Gasteiger partial charge in [0.25, 0.3) is 0 Å². The molecule has 3 amide bonds. The van der Waals surface area contributed by atoms with Crippen molar-refractivity contribution in [3.05, 3.63) is 35.9 Å². The lowest BCUT2D eigenvalue weighted by molar-refractivity contribution is -0.142. The number of benzene rings is 1. The van der Waals surface area contributed by atoms with Gasteiger partial charge in [-0.3, -0.25) is 14.4 Å². The van der Waals surface area contributed by atoms with Crippen LogP contribution in [0.2, 0.25) is 0 Å². The van der Waals surface area contributed by atoms with Crippen molar-refractivity contribution < 1.29 is 29.4 Å². The number of carboxylic acids is 1. The molecule has 0 saturated carbocycles. The summed E-state index contributed by atoms with van der Waals surface area (Å²) in [5, 5.41) is 25.9. The highest BCUT2D eigenvalue weighted by Gasteiger charge is 2.29. The fourth-order valence-corrected chi connectivity index (χ4v) is 3.38. The number of aliphatic hydroxyl groups is 1. The normalized spacial score (nSPS) is 14.5. The molecule has 12 heteroatoms. The van der Waals surface area contributed by atoms with Gasteiger partial charge in [0.05, 0.1) is 6.61 Å². The number of thioether (sulfide) groups is 1. The van der Waals surface area contributed by atoms with Crippen molar-refractivity contribution in [2.75, 3.05) is 24.4 Å². The van der Waals surface area contributed by atoms with Crippen molar-refractivity contribution in [3.8, 4) is 0 Å². The molecular formula is C20H30N4O6S2.